The van der Waals surface area contributed by atoms with Crippen molar-refractivity contribution in [3.8, 4) is 0 Å². The minimum Gasteiger partial charge on any atom is -0.353 e. The number of hydrogen-bond acceptors (Lipinski definition) is 3. The number of pyridine rings is 1. The molecule has 1 aromatic heterocycles. The second kappa shape index (κ2) is 6.57. The van der Waals surface area contributed by atoms with E-state index in [2.05, 4.69) is 49.0 Å². The van der Waals surface area contributed by atoms with E-state index in [1.165, 1.54) is 37.1 Å². The zero-order valence-corrected chi connectivity index (χ0v) is 13.4. The molecule has 2 heterocycles. The summed E-state index contributed by atoms with van der Waals surface area (Å²) in [5.74, 6) is 1.19. The first-order chi connectivity index (χ1) is 9.51. The predicted molar refractivity (Wildman–Crippen MR) is 86.1 cm³/mol. The van der Waals surface area contributed by atoms with Gasteiger partial charge in [-0.15, -0.1) is 0 Å². The van der Waals surface area contributed by atoms with Gasteiger partial charge in [0.2, 0.25) is 0 Å². The summed E-state index contributed by atoms with van der Waals surface area (Å²) in [4.78, 5) is 7.22. The quantitative estimate of drug-likeness (QED) is 0.907. The highest BCUT2D eigenvalue weighted by Gasteiger charge is 2.24. The van der Waals surface area contributed by atoms with Crippen molar-refractivity contribution in [2.24, 2.45) is 0 Å². The van der Waals surface area contributed by atoms with Gasteiger partial charge in [-0.3, -0.25) is 0 Å². The minimum absolute atomic E-state index is 0.138. The first-order valence-corrected chi connectivity index (χ1v) is 7.97. The fourth-order valence-electron chi connectivity index (χ4n) is 2.89. The molecular formula is C17H29N3. The Labute approximate surface area is 123 Å². The fraction of sp³-hybridized carbons (Fsp3) is 0.706. The van der Waals surface area contributed by atoms with Gasteiger partial charge in [0.05, 0.1) is 0 Å². The number of hydrogen-bond donors (Lipinski definition) is 1. The van der Waals surface area contributed by atoms with Crippen LogP contribution in [0.4, 0.5) is 5.82 Å². The summed E-state index contributed by atoms with van der Waals surface area (Å²) in [7, 11) is 0. The number of aromatic nitrogens is 1. The summed E-state index contributed by atoms with van der Waals surface area (Å²) >= 11 is 0. The summed E-state index contributed by atoms with van der Waals surface area (Å²) in [6.45, 7) is 11.0. The van der Waals surface area contributed by atoms with Crippen molar-refractivity contribution in [2.75, 3.05) is 11.4 Å². The van der Waals surface area contributed by atoms with Gasteiger partial charge in [0.15, 0.2) is 0 Å². The normalized spacial score (nSPS) is 20.2. The van der Waals surface area contributed by atoms with Crippen molar-refractivity contribution in [2.45, 2.75) is 71.5 Å². The van der Waals surface area contributed by atoms with E-state index in [1.807, 2.05) is 12.3 Å². The van der Waals surface area contributed by atoms with E-state index in [4.69, 9.17) is 0 Å². The van der Waals surface area contributed by atoms with Gasteiger partial charge in [0.1, 0.15) is 5.82 Å². The van der Waals surface area contributed by atoms with Gasteiger partial charge < -0.3 is 10.2 Å². The SMILES string of the molecule is CCC1CCCCN1c1ncccc1CNC(C)(C)C. The number of nitrogens with zero attached hydrogens (tertiary/aromatic N) is 2. The first kappa shape index (κ1) is 15.3. The number of anilines is 1. The maximum atomic E-state index is 4.69. The largest absolute Gasteiger partial charge is 0.353 e. The van der Waals surface area contributed by atoms with Crippen molar-refractivity contribution in [1.29, 1.82) is 0 Å². The third-order valence-electron chi connectivity index (χ3n) is 4.05. The lowest BCUT2D eigenvalue weighted by atomic mass is 9.99. The Morgan fingerprint density at radius 1 is 1.35 bits per heavy atom. The molecule has 0 aromatic carbocycles. The highest BCUT2D eigenvalue weighted by atomic mass is 15.2. The third kappa shape index (κ3) is 3.95. The van der Waals surface area contributed by atoms with Crippen LogP contribution in [-0.4, -0.2) is 23.1 Å². The topological polar surface area (TPSA) is 28.2 Å². The van der Waals surface area contributed by atoms with Gasteiger partial charge >= 0.3 is 0 Å². The van der Waals surface area contributed by atoms with Crippen LogP contribution in [0.5, 0.6) is 0 Å². The molecule has 1 atom stereocenters. The molecule has 1 saturated heterocycles. The highest BCUT2D eigenvalue weighted by Crippen LogP contribution is 2.27. The Morgan fingerprint density at radius 2 is 2.15 bits per heavy atom. The number of nitrogens with one attached hydrogen (secondary N) is 1. The van der Waals surface area contributed by atoms with Crippen LogP contribution in [0.25, 0.3) is 0 Å². The summed E-state index contributed by atoms with van der Waals surface area (Å²) in [6, 6.07) is 4.92. The average molecular weight is 275 g/mol. The van der Waals surface area contributed by atoms with E-state index in [1.54, 1.807) is 0 Å². The molecule has 3 heteroatoms. The Hall–Kier alpha value is -1.09. The molecule has 0 radical (unpaired) electrons. The van der Waals surface area contributed by atoms with Gasteiger partial charge in [0, 0.05) is 36.4 Å². The van der Waals surface area contributed by atoms with Gasteiger partial charge in [-0.2, -0.15) is 0 Å². The molecule has 1 fully saturated rings. The summed E-state index contributed by atoms with van der Waals surface area (Å²) in [6.07, 6.45) is 7.09. The van der Waals surface area contributed by atoms with Crippen LogP contribution in [0.3, 0.4) is 0 Å². The van der Waals surface area contributed by atoms with Crippen molar-refractivity contribution >= 4 is 5.82 Å². The summed E-state index contributed by atoms with van der Waals surface area (Å²) in [5.41, 5.74) is 1.46. The summed E-state index contributed by atoms with van der Waals surface area (Å²) in [5, 5.41) is 3.58. The Kier molecular flexibility index (Phi) is 5.03. The highest BCUT2D eigenvalue weighted by molar-refractivity contribution is 5.48. The maximum absolute atomic E-state index is 4.69. The molecule has 112 valence electrons. The third-order valence-corrected chi connectivity index (χ3v) is 4.05. The Bertz CT molecular complexity index is 422. The lowest BCUT2D eigenvalue weighted by molar-refractivity contribution is 0.419. The fourth-order valence-corrected chi connectivity index (χ4v) is 2.89. The zero-order chi connectivity index (χ0) is 14.6. The van der Waals surface area contributed by atoms with Crippen LogP contribution in [-0.2, 0) is 6.54 Å². The van der Waals surface area contributed by atoms with Gasteiger partial charge in [0.25, 0.3) is 0 Å². The predicted octanol–water partition coefficient (Wildman–Crippen LogP) is 3.74. The van der Waals surface area contributed by atoms with Crippen LogP contribution in [0.15, 0.2) is 18.3 Å². The van der Waals surface area contributed by atoms with Crippen molar-refractivity contribution < 1.29 is 0 Å². The Morgan fingerprint density at radius 3 is 2.85 bits per heavy atom. The van der Waals surface area contributed by atoms with Crippen molar-refractivity contribution in [3.63, 3.8) is 0 Å². The Balaban J connectivity index is 2.18. The van der Waals surface area contributed by atoms with E-state index in [-0.39, 0.29) is 5.54 Å². The van der Waals surface area contributed by atoms with Crippen molar-refractivity contribution in [1.82, 2.24) is 10.3 Å². The second-order valence-corrected chi connectivity index (χ2v) is 6.84. The average Bonchev–Trinajstić information content (AvgIpc) is 2.44. The molecule has 20 heavy (non-hydrogen) atoms. The molecule has 1 N–H and O–H groups in total. The maximum Gasteiger partial charge on any atom is 0.133 e. The molecule has 0 saturated carbocycles. The van der Waals surface area contributed by atoms with E-state index < -0.39 is 0 Å². The van der Waals surface area contributed by atoms with Crippen LogP contribution in [0.1, 0.15) is 58.9 Å². The molecule has 0 spiro atoms. The van der Waals surface area contributed by atoms with Crippen LogP contribution in [0, 0.1) is 0 Å². The van der Waals surface area contributed by atoms with Gasteiger partial charge in [-0.25, -0.2) is 4.98 Å². The van der Waals surface area contributed by atoms with Crippen LogP contribution in [0.2, 0.25) is 0 Å². The number of piperidine rings is 1. The zero-order valence-electron chi connectivity index (χ0n) is 13.4. The summed E-state index contributed by atoms with van der Waals surface area (Å²) < 4.78 is 0. The van der Waals surface area contributed by atoms with Gasteiger partial charge in [-0.05, 0) is 52.5 Å². The molecule has 3 nitrogen and oxygen atoms in total. The van der Waals surface area contributed by atoms with E-state index in [9.17, 15) is 0 Å². The molecule has 0 aliphatic carbocycles. The monoisotopic (exact) mass is 275 g/mol. The molecular weight excluding hydrogens is 246 g/mol. The molecule has 1 aliphatic rings. The molecule has 0 amide bonds. The first-order valence-electron chi connectivity index (χ1n) is 7.97. The lowest BCUT2D eigenvalue weighted by Crippen LogP contribution is -2.41. The van der Waals surface area contributed by atoms with E-state index in [0.29, 0.717) is 6.04 Å². The molecule has 1 aromatic rings. The molecule has 1 unspecified atom stereocenters. The van der Waals surface area contributed by atoms with Crippen LogP contribution < -0.4 is 10.2 Å². The van der Waals surface area contributed by atoms with Gasteiger partial charge in [-0.1, -0.05) is 13.0 Å². The van der Waals surface area contributed by atoms with Crippen molar-refractivity contribution in [3.05, 3.63) is 23.9 Å². The lowest BCUT2D eigenvalue weighted by Gasteiger charge is -2.37. The molecule has 1 aliphatic heterocycles. The smallest absolute Gasteiger partial charge is 0.133 e. The van der Waals surface area contributed by atoms with Crippen LogP contribution >= 0.6 is 0 Å². The standard InChI is InChI=1S/C17H29N3/c1-5-15-10-6-7-12-20(15)16-14(9-8-11-18-16)13-19-17(2,3)4/h8-9,11,15,19H,5-7,10,12-13H2,1-4H3. The molecule has 2 rings (SSSR count). The molecule has 0 bridgehead atoms. The number of rotatable bonds is 4. The second-order valence-electron chi connectivity index (χ2n) is 6.84. The van der Waals surface area contributed by atoms with E-state index in [0.717, 1.165) is 13.1 Å². The minimum atomic E-state index is 0.138. The van der Waals surface area contributed by atoms with E-state index >= 15 is 0 Å².